The minimum atomic E-state index is 0.598. The van der Waals surface area contributed by atoms with E-state index in [4.69, 9.17) is 4.99 Å². The molecule has 1 heterocycles. The van der Waals surface area contributed by atoms with Crippen molar-refractivity contribution < 1.29 is 0 Å². The van der Waals surface area contributed by atoms with Gasteiger partial charge in [-0.2, -0.15) is 0 Å². The summed E-state index contributed by atoms with van der Waals surface area (Å²) in [7, 11) is 4.20. The van der Waals surface area contributed by atoms with Crippen molar-refractivity contribution in [2.45, 2.75) is 91.5 Å². The first-order chi connectivity index (χ1) is 18.3. The number of nitrogens with one attached hydrogen (secondary N) is 2. The second-order valence-electron chi connectivity index (χ2n) is 11.1. The highest BCUT2D eigenvalue weighted by Gasteiger charge is 2.15. The van der Waals surface area contributed by atoms with Gasteiger partial charge in [-0.3, -0.25) is 4.90 Å². The first kappa shape index (κ1) is 31.8. The van der Waals surface area contributed by atoms with E-state index in [9.17, 15) is 0 Å². The van der Waals surface area contributed by atoms with Gasteiger partial charge in [-0.15, -0.1) is 0 Å². The van der Waals surface area contributed by atoms with Crippen molar-refractivity contribution in [3.8, 4) is 0 Å². The Morgan fingerprint density at radius 2 is 1.82 bits per heavy atom. The Labute approximate surface area is 234 Å². The van der Waals surface area contributed by atoms with Crippen molar-refractivity contribution in [1.29, 1.82) is 0 Å². The van der Waals surface area contributed by atoms with E-state index in [-0.39, 0.29) is 0 Å². The first-order valence-corrected chi connectivity index (χ1v) is 14.9. The number of benzene rings is 1. The number of aryl methyl sites for hydroxylation is 1. The number of likely N-dealkylation sites (tertiary alicyclic amines) is 1. The van der Waals surface area contributed by atoms with Crippen LogP contribution in [0.15, 0.2) is 47.8 Å². The zero-order valence-electron chi connectivity index (χ0n) is 25.3. The quantitative estimate of drug-likeness (QED) is 0.117. The fourth-order valence-corrected chi connectivity index (χ4v) is 5.52. The maximum atomic E-state index is 4.83. The van der Waals surface area contributed by atoms with Gasteiger partial charge in [-0.05, 0) is 115 Å². The van der Waals surface area contributed by atoms with E-state index in [1.165, 1.54) is 82.1 Å². The lowest BCUT2D eigenvalue weighted by molar-refractivity contribution is 0.234. The highest BCUT2D eigenvalue weighted by atomic mass is 15.1. The summed E-state index contributed by atoms with van der Waals surface area (Å²) in [5.41, 5.74) is 6.74. The van der Waals surface area contributed by atoms with Gasteiger partial charge in [-0.1, -0.05) is 45.9 Å². The van der Waals surface area contributed by atoms with Crippen LogP contribution in [0.4, 0.5) is 11.4 Å². The van der Waals surface area contributed by atoms with Gasteiger partial charge in [0.2, 0.25) is 0 Å². The van der Waals surface area contributed by atoms with Gasteiger partial charge in [0, 0.05) is 42.3 Å². The van der Waals surface area contributed by atoms with Crippen LogP contribution in [0, 0.1) is 0 Å². The molecular weight excluding hydrogens is 466 g/mol. The number of hydrogen-bond donors (Lipinski definition) is 2. The Morgan fingerprint density at radius 3 is 2.39 bits per heavy atom. The van der Waals surface area contributed by atoms with Crippen LogP contribution in [0.2, 0.25) is 0 Å². The average Bonchev–Trinajstić information content (AvgIpc) is 3.39. The van der Waals surface area contributed by atoms with E-state index in [1.54, 1.807) is 0 Å². The molecule has 0 atom stereocenters. The number of nitrogens with zero attached hydrogens (tertiary/aromatic N) is 3. The largest absolute Gasteiger partial charge is 0.388 e. The van der Waals surface area contributed by atoms with Crippen molar-refractivity contribution >= 4 is 23.2 Å². The van der Waals surface area contributed by atoms with Gasteiger partial charge in [0.1, 0.15) is 5.82 Å². The van der Waals surface area contributed by atoms with Crippen LogP contribution in [-0.4, -0.2) is 61.8 Å². The third-order valence-electron chi connectivity index (χ3n) is 7.39. The van der Waals surface area contributed by atoms with Gasteiger partial charge in [0.05, 0.1) is 0 Å². The summed E-state index contributed by atoms with van der Waals surface area (Å²) < 4.78 is 0. The lowest BCUT2D eigenvalue weighted by atomic mass is 9.98. The van der Waals surface area contributed by atoms with E-state index in [0.717, 1.165) is 41.4 Å². The van der Waals surface area contributed by atoms with Crippen molar-refractivity contribution in [1.82, 2.24) is 9.80 Å². The lowest BCUT2D eigenvalue weighted by Gasteiger charge is -2.28. The fourth-order valence-electron chi connectivity index (χ4n) is 5.52. The summed E-state index contributed by atoms with van der Waals surface area (Å²) in [5, 5.41) is 6.99. The average molecular weight is 522 g/mol. The Balaban J connectivity index is 2.19. The van der Waals surface area contributed by atoms with E-state index < -0.39 is 0 Å². The van der Waals surface area contributed by atoms with Crippen LogP contribution in [0.1, 0.15) is 90.2 Å². The molecule has 212 valence electrons. The van der Waals surface area contributed by atoms with E-state index in [0.29, 0.717) is 6.04 Å². The first-order valence-electron chi connectivity index (χ1n) is 14.9. The standard InChI is InChI=1S/C33H55N5/c1-9-16-30(17-10-2)37(8)25-27(6)22-33(35-26(4)5)36-29-23-28(31(11-3)32(24-29)34-7)18-12-13-19-38-20-14-15-21-38/h11,22-24,30,34,36H,3,6,9-10,12-21,25H2,1-2,4-5,7-8H3/b33-22+. The summed E-state index contributed by atoms with van der Waals surface area (Å²) in [6, 6.07) is 5.03. The second kappa shape index (κ2) is 17.3. The molecule has 0 unspecified atom stereocenters. The highest BCUT2D eigenvalue weighted by Crippen LogP contribution is 2.29. The van der Waals surface area contributed by atoms with Crippen LogP contribution < -0.4 is 10.6 Å². The predicted octanol–water partition coefficient (Wildman–Crippen LogP) is 7.98. The zero-order chi connectivity index (χ0) is 27.9. The molecule has 1 aliphatic rings. The summed E-state index contributed by atoms with van der Waals surface area (Å²) in [6.45, 7) is 21.7. The summed E-state index contributed by atoms with van der Waals surface area (Å²) in [6.07, 6.45) is 15.1. The Hall–Kier alpha value is -2.37. The van der Waals surface area contributed by atoms with Gasteiger partial charge in [0.25, 0.3) is 0 Å². The minimum absolute atomic E-state index is 0.598. The molecule has 5 nitrogen and oxygen atoms in total. The third kappa shape index (κ3) is 10.8. The Morgan fingerprint density at radius 1 is 1.13 bits per heavy atom. The number of unbranched alkanes of at least 4 members (excludes halogenated alkanes) is 1. The highest BCUT2D eigenvalue weighted by molar-refractivity contribution is 5.81. The Bertz CT molecular complexity index is 929. The van der Waals surface area contributed by atoms with Gasteiger partial charge >= 0.3 is 0 Å². The van der Waals surface area contributed by atoms with Gasteiger partial charge in [-0.25, -0.2) is 4.99 Å². The molecule has 1 fully saturated rings. The Kier molecular flexibility index (Phi) is 14.5. The normalized spacial score (nSPS) is 14.3. The third-order valence-corrected chi connectivity index (χ3v) is 7.39. The summed E-state index contributed by atoms with van der Waals surface area (Å²) in [4.78, 5) is 9.88. The predicted molar refractivity (Wildman–Crippen MR) is 171 cm³/mol. The SMILES string of the molecule is C=Cc1c(CCCCN2CCCC2)cc(N/C(=C/C(=C)CN(C)C(CCC)CCC)N=C(C)C)cc1NC. The maximum absolute atomic E-state index is 4.83. The molecule has 0 saturated carbocycles. The maximum Gasteiger partial charge on any atom is 0.130 e. The van der Waals surface area contributed by atoms with Crippen LogP contribution in [0.25, 0.3) is 6.08 Å². The molecule has 1 aromatic rings. The molecule has 0 aromatic heterocycles. The fraction of sp³-hybridized carbons (Fsp3) is 0.606. The molecular formula is C33H55N5. The molecule has 0 amide bonds. The van der Waals surface area contributed by atoms with Crippen molar-refractivity contribution in [2.24, 2.45) is 4.99 Å². The second-order valence-corrected chi connectivity index (χ2v) is 11.1. The van der Waals surface area contributed by atoms with E-state index in [1.807, 2.05) is 27.0 Å². The van der Waals surface area contributed by atoms with Gasteiger partial charge in [0.15, 0.2) is 0 Å². The van der Waals surface area contributed by atoms with Crippen LogP contribution in [0.3, 0.4) is 0 Å². The van der Waals surface area contributed by atoms with E-state index >= 15 is 0 Å². The molecule has 0 bridgehead atoms. The lowest BCUT2D eigenvalue weighted by Crippen LogP contribution is -2.32. The number of likely N-dealkylation sites (N-methyl/N-ethyl adjacent to an activating group) is 1. The van der Waals surface area contributed by atoms with Crippen molar-refractivity contribution in [3.63, 3.8) is 0 Å². The molecule has 0 radical (unpaired) electrons. The smallest absolute Gasteiger partial charge is 0.130 e. The number of hydrogen-bond acceptors (Lipinski definition) is 5. The van der Waals surface area contributed by atoms with Crippen LogP contribution in [-0.2, 0) is 6.42 Å². The minimum Gasteiger partial charge on any atom is -0.388 e. The van der Waals surface area contributed by atoms with Crippen LogP contribution in [0.5, 0.6) is 0 Å². The molecule has 0 spiro atoms. The number of anilines is 2. The molecule has 2 N–H and O–H groups in total. The molecule has 1 aliphatic heterocycles. The molecule has 1 aromatic carbocycles. The molecule has 5 heteroatoms. The molecule has 0 aliphatic carbocycles. The topological polar surface area (TPSA) is 42.9 Å². The van der Waals surface area contributed by atoms with Crippen molar-refractivity contribution in [2.75, 3.05) is 50.9 Å². The number of rotatable bonds is 18. The van der Waals surface area contributed by atoms with Crippen LogP contribution >= 0.6 is 0 Å². The zero-order valence-corrected chi connectivity index (χ0v) is 25.3. The monoisotopic (exact) mass is 521 g/mol. The van der Waals surface area contributed by atoms with E-state index in [2.05, 4.69) is 72.7 Å². The number of aliphatic imine (C=N–C) groups is 1. The molecule has 1 saturated heterocycles. The molecule has 2 rings (SSSR count). The van der Waals surface area contributed by atoms with Gasteiger partial charge < -0.3 is 15.5 Å². The van der Waals surface area contributed by atoms with Crippen molar-refractivity contribution in [3.05, 3.63) is 53.9 Å². The molecule has 38 heavy (non-hydrogen) atoms. The summed E-state index contributed by atoms with van der Waals surface area (Å²) in [5.74, 6) is 0.833. The summed E-state index contributed by atoms with van der Waals surface area (Å²) >= 11 is 0.